The fourth-order valence-corrected chi connectivity index (χ4v) is 2.78. The summed E-state index contributed by atoms with van der Waals surface area (Å²) < 4.78 is 0. The van der Waals surface area contributed by atoms with Crippen molar-refractivity contribution in [2.45, 2.75) is 32.6 Å². The van der Waals surface area contributed by atoms with Crippen LogP contribution in [0.2, 0.25) is 0 Å². The van der Waals surface area contributed by atoms with Gasteiger partial charge in [0, 0.05) is 18.4 Å². The Morgan fingerprint density at radius 3 is 2.36 bits per heavy atom. The van der Waals surface area contributed by atoms with E-state index < -0.39 is 0 Å². The van der Waals surface area contributed by atoms with Gasteiger partial charge in [0.25, 0.3) is 5.91 Å². The lowest BCUT2D eigenvalue weighted by Crippen LogP contribution is -2.26. The van der Waals surface area contributed by atoms with Crippen LogP contribution in [-0.2, 0) is 11.8 Å². The van der Waals surface area contributed by atoms with Crippen molar-refractivity contribution in [3.8, 4) is 0 Å². The van der Waals surface area contributed by atoms with Gasteiger partial charge in [-0.05, 0) is 41.2 Å². The first kappa shape index (κ1) is 19.5. The smallest absolute Gasteiger partial charge is 0.270 e. The molecule has 0 radical (unpaired) electrons. The van der Waals surface area contributed by atoms with Crippen LogP contribution in [0.3, 0.4) is 0 Å². The molecule has 1 aromatic heterocycles. The lowest BCUT2D eigenvalue weighted by atomic mass is 9.87. The number of aromatic nitrogens is 2. The molecule has 5 nitrogen and oxygen atoms in total. The Hall–Kier alpha value is -3.21. The van der Waals surface area contributed by atoms with Gasteiger partial charge in [-0.3, -0.25) is 4.79 Å². The summed E-state index contributed by atoms with van der Waals surface area (Å²) in [5, 5.41) is 6.06. The van der Waals surface area contributed by atoms with Crippen LogP contribution in [0.25, 0.3) is 0 Å². The number of hydrogen-bond donors (Lipinski definition) is 2. The highest BCUT2D eigenvalue weighted by atomic mass is 16.1. The Labute approximate surface area is 166 Å². The second-order valence-corrected chi connectivity index (χ2v) is 7.71. The van der Waals surface area contributed by atoms with Gasteiger partial charge in [0.05, 0.1) is 0 Å². The first-order chi connectivity index (χ1) is 13.4. The lowest BCUT2D eigenvalue weighted by Gasteiger charge is -2.19. The highest BCUT2D eigenvalue weighted by Gasteiger charge is 2.13. The summed E-state index contributed by atoms with van der Waals surface area (Å²) in [4.78, 5) is 20.9. The second kappa shape index (κ2) is 8.65. The molecule has 1 amide bonds. The second-order valence-electron chi connectivity index (χ2n) is 7.71. The average molecular weight is 374 g/mol. The standard InChI is InChI=1S/C23H26N4O/c1-23(2,3)18-9-11-19(12-10-18)26-22-25-16-14-20(27-22)21(28)24-15-13-17-7-5-4-6-8-17/h4-12,14,16H,13,15H2,1-3H3,(H,24,28)(H,25,26,27). The molecule has 0 bridgehead atoms. The summed E-state index contributed by atoms with van der Waals surface area (Å²) in [6, 6.07) is 19.8. The molecule has 0 aliphatic rings. The molecule has 144 valence electrons. The molecule has 0 atom stereocenters. The van der Waals surface area contributed by atoms with Gasteiger partial charge in [-0.25, -0.2) is 9.97 Å². The van der Waals surface area contributed by atoms with E-state index >= 15 is 0 Å². The van der Waals surface area contributed by atoms with E-state index in [-0.39, 0.29) is 11.3 Å². The van der Waals surface area contributed by atoms with E-state index in [4.69, 9.17) is 0 Å². The van der Waals surface area contributed by atoms with Crippen molar-refractivity contribution in [2.75, 3.05) is 11.9 Å². The van der Waals surface area contributed by atoms with Crippen LogP contribution >= 0.6 is 0 Å². The first-order valence-corrected chi connectivity index (χ1v) is 9.44. The summed E-state index contributed by atoms with van der Waals surface area (Å²) in [6.45, 7) is 7.10. The third-order valence-corrected chi connectivity index (χ3v) is 4.44. The minimum Gasteiger partial charge on any atom is -0.350 e. The van der Waals surface area contributed by atoms with Gasteiger partial charge in [-0.15, -0.1) is 0 Å². The minimum atomic E-state index is -0.204. The van der Waals surface area contributed by atoms with Crippen molar-refractivity contribution >= 4 is 17.5 Å². The predicted octanol–water partition coefficient (Wildman–Crippen LogP) is 4.49. The summed E-state index contributed by atoms with van der Waals surface area (Å²) >= 11 is 0. The summed E-state index contributed by atoms with van der Waals surface area (Å²) in [7, 11) is 0. The molecule has 0 saturated carbocycles. The average Bonchev–Trinajstić information content (AvgIpc) is 2.69. The van der Waals surface area contributed by atoms with Gasteiger partial charge in [-0.1, -0.05) is 63.2 Å². The number of benzene rings is 2. The van der Waals surface area contributed by atoms with Crippen LogP contribution < -0.4 is 10.6 Å². The zero-order valence-corrected chi connectivity index (χ0v) is 16.6. The summed E-state index contributed by atoms with van der Waals surface area (Å²) in [5.41, 5.74) is 3.77. The van der Waals surface area contributed by atoms with Crippen molar-refractivity contribution < 1.29 is 4.79 Å². The van der Waals surface area contributed by atoms with Gasteiger partial charge >= 0.3 is 0 Å². The van der Waals surface area contributed by atoms with Crippen molar-refractivity contribution in [1.29, 1.82) is 0 Å². The Morgan fingerprint density at radius 2 is 1.68 bits per heavy atom. The van der Waals surface area contributed by atoms with E-state index in [1.54, 1.807) is 12.3 Å². The number of carbonyl (C=O) groups excluding carboxylic acids is 1. The number of rotatable bonds is 6. The molecule has 3 aromatic rings. The third kappa shape index (κ3) is 5.39. The zero-order chi connectivity index (χ0) is 20.0. The van der Waals surface area contributed by atoms with Crippen molar-refractivity contribution in [1.82, 2.24) is 15.3 Å². The van der Waals surface area contributed by atoms with Crippen LogP contribution in [0, 0.1) is 0 Å². The Kier molecular flexibility index (Phi) is 6.04. The number of nitrogens with one attached hydrogen (secondary N) is 2. The maximum atomic E-state index is 12.4. The fourth-order valence-electron chi connectivity index (χ4n) is 2.78. The number of anilines is 2. The lowest BCUT2D eigenvalue weighted by molar-refractivity contribution is 0.0949. The van der Waals surface area contributed by atoms with Crippen molar-refractivity contribution in [2.24, 2.45) is 0 Å². The summed E-state index contributed by atoms with van der Waals surface area (Å²) in [5.74, 6) is 0.198. The van der Waals surface area contributed by atoms with E-state index in [0.29, 0.717) is 18.2 Å². The Bertz CT molecular complexity index is 915. The van der Waals surface area contributed by atoms with Crippen molar-refractivity contribution in [3.05, 3.63) is 83.7 Å². The van der Waals surface area contributed by atoms with Crippen LogP contribution in [0.5, 0.6) is 0 Å². The molecule has 0 fully saturated rings. The molecule has 28 heavy (non-hydrogen) atoms. The van der Waals surface area contributed by atoms with Crippen LogP contribution in [-0.4, -0.2) is 22.4 Å². The maximum Gasteiger partial charge on any atom is 0.270 e. The van der Waals surface area contributed by atoms with Gasteiger partial charge in [0.15, 0.2) is 0 Å². The quantitative estimate of drug-likeness (QED) is 0.667. The molecule has 3 rings (SSSR count). The molecular weight excluding hydrogens is 348 g/mol. The van der Waals surface area contributed by atoms with E-state index in [1.165, 1.54) is 11.1 Å². The van der Waals surface area contributed by atoms with E-state index in [2.05, 4.69) is 53.5 Å². The van der Waals surface area contributed by atoms with Gasteiger partial charge < -0.3 is 10.6 Å². The molecule has 0 saturated heterocycles. The Balaban J connectivity index is 1.59. The number of nitrogens with zero attached hydrogens (tertiary/aromatic N) is 2. The molecule has 0 spiro atoms. The topological polar surface area (TPSA) is 66.9 Å². The monoisotopic (exact) mass is 374 g/mol. The first-order valence-electron chi connectivity index (χ1n) is 9.44. The molecule has 5 heteroatoms. The third-order valence-electron chi connectivity index (χ3n) is 4.44. The molecule has 2 aromatic carbocycles. The van der Waals surface area contributed by atoms with Crippen molar-refractivity contribution in [3.63, 3.8) is 0 Å². The van der Waals surface area contributed by atoms with E-state index in [1.807, 2.05) is 42.5 Å². The molecule has 2 N–H and O–H groups in total. The van der Waals surface area contributed by atoms with Gasteiger partial charge in [0.1, 0.15) is 5.69 Å². The number of carbonyl (C=O) groups is 1. The van der Waals surface area contributed by atoms with Crippen LogP contribution in [0.4, 0.5) is 11.6 Å². The molecular formula is C23H26N4O. The number of hydrogen-bond acceptors (Lipinski definition) is 4. The predicted molar refractivity (Wildman–Crippen MR) is 113 cm³/mol. The van der Waals surface area contributed by atoms with Crippen LogP contribution in [0.1, 0.15) is 42.4 Å². The number of amides is 1. The molecule has 0 aliphatic heterocycles. The highest BCUT2D eigenvalue weighted by molar-refractivity contribution is 5.92. The minimum absolute atomic E-state index is 0.104. The normalized spacial score (nSPS) is 11.1. The molecule has 1 heterocycles. The summed E-state index contributed by atoms with van der Waals surface area (Å²) in [6.07, 6.45) is 2.37. The fraction of sp³-hybridized carbons (Fsp3) is 0.261. The van der Waals surface area contributed by atoms with E-state index in [9.17, 15) is 4.79 Å². The van der Waals surface area contributed by atoms with Crippen LogP contribution in [0.15, 0.2) is 66.9 Å². The molecule has 0 unspecified atom stereocenters. The SMILES string of the molecule is CC(C)(C)c1ccc(Nc2nccc(C(=O)NCCc3ccccc3)n2)cc1. The van der Waals surface area contributed by atoms with E-state index in [0.717, 1.165) is 12.1 Å². The zero-order valence-electron chi connectivity index (χ0n) is 16.6. The highest BCUT2D eigenvalue weighted by Crippen LogP contribution is 2.24. The Morgan fingerprint density at radius 1 is 0.964 bits per heavy atom. The largest absolute Gasteiger partial charge is 0.350 e. The van der Waals surface area contributed by atoms with Gasteiger partial charge in [0.2, 0.25) is 5.95 Å². The molecule has 0 aliphatic carbocycles. The van der Waals surface area contributed by atoms with Gasteiger partial charge in [-0.2, -0.15) is 0 Å². The maximum absolute atomic E-state index is 12.4.